The second-order valence-corrected chi connectivity index (χ2v) is 9.09. The van der Waals surface area contributed by atoms with Crippen LogP contribution in [0.4, 0.5) is 11.4 Å². The van der Waals surface area contributed by atoms with Crippen LogP contribution in [0.5, 0.6) is 0 Å². The molecule has 1 aliphatic rings. The minimum Gasteiger partial charge on any atom is -0.484 e. The van der Waals surface area contributed by atoms with Crippen LogP contribution in [0.3, 0.4) is 0 Å². The number of hydrogen-bond donors (Lipinski definition) is 5. The van der Waals surface area contributed by atoms with Gasteiger partial charge >= 0.3 is 5.97 Å². The number of nitrogen functional groups attached to an aromatic ring is 2. The predicted molar refractivity (Wildman–Crippen MR) is 132 cm³/mol. The molecule has 36 heavy (non-hydrogen) atoms. The van der Waals surface area contributed by atoms with E-state index in [0.717, 1.165) is 6.26 Å². The Hall–Kier alpha value is -4.89. The van der Waals surface area contributed by atoms with Crippen molar-refractivity contribution in [2.24, 2.45) is 0 Å². The third-order valence-electron chi connectivity index (χ3n) is 4.87. The van der Waals surface area contributed by atoms with Gasteiger partial charge in [-0.05, 0) is 47.4 Å². The van der Waals surface area contributed by atoms with Crippen molar-refractivity contribution in [3.63, 3.8) is 0 Å². The Morgan fingerprint density at radius 1 is 1.08 bits per heavy atom. The number of nitrogens with one attached hydrogen (secondary N) is 1. The van der Waals surface area contributed by atoms with Gasteiger partial charge in [-0.25, -0.2) is 4.79 Å². The SMILES string of the molecule is Nc1cc(C#CC#CNC=O)cc(-c2ccc(N)cc2C#CC2=CO[C@H](C(=O)O)[C@H](S(=O)(=O)O)C2)c1. The average Bonchev–Trinajstić information content (AvgIpc) is 2.81. The van der Waals surface area contributed by atoms with Gasteiger partial charge in [-0.15, -0.1) is 0 Å². The standard InChI is InChI=1S/C25H19N3O7S/c26-20-6-7-22(19-9-16(10-21(27)13-19)3-1-2-8-28-15-29)18(12-20)5-4-17-11-23(36(32,33)34)24(25(30)31)35-14-17/h6-7,9-10,12-15,23-24H,11,26-27H2,(H,28,29)(H,30,31)(H,32,33,34)/t23-,24+/m1/s1. The van der Waals surface area contributed by atoms with Gasteiger partial charge in [0.15, 0.2) is 0 Å². The Morgan fingerprint density at radius 2 is 1.86 bits per heavy atom. The monoisotopic (exact) mass is 505 g/mol. The number of allylic oxidation sites excluding steroid dienone is 1. The van der Waals surface area contributed by atoms with Crippen molar-refractivity contribution in [2.45, 2.75) is 17.8 Å². The first-order chi connectivity index (χ1) is 17.1. The van der Waals surface area contributed by atoms with Gasteiger partial charge in [0, 0.05) is 46.5 Å². The van der Waals surface area contributed by atoms with Gasteiger partial charge in [0.2, 0.25) is 12.5 Å². The first-order valence-electron chi connectivity index (χ1n) is 10.1. The van der Waals surface area contributed by atoms with Gasteiger partial charge in [0.25, 0.3) is 10.1 Å². The normalized spacial score (nSPS) is 16.3. The molecule has 0 fully saturated rings. The second kappa shape index (κ2) is 11.0. The molecule has 0 aromatic heterocycles. The van der Waals surface area contributed by atoms with Crippen LogP contribution in [0.2, 0.25) is 0 Å². The molecule has 0 saturated carbocycles. The zero-order chi connectivity index (χ0) is 26.3. The molecule has 11 heteroatoms. The number of rotatable bonds is 4. The summed E-state index contributed by atoms with van der Waals surface area (Å²) in [4.78, 5) is 21.5. The molecule has 2 aromatic rings. The molecule has 2 atom stereocenters. The Morgan fingerprint density at radius 3 is 2.56 bits per heavy atom. The molecule has 0 aliphatic carbocycles. The number of ether oxygens (including phenoxy) is 1. The molecule has 182 valence electrons. The van der Waals surface area contributed by atoms with E-state index in [0.29, 0.717) is 40.0 Å². The van der Waals surface area contributed by atoms with Crippen molar-refractivity contribution in [1.29, 1.82) is 0 Å². The van der Waals surface area contributed by atoms with Gasteiger partial charge in [0.1, 0.15) is 5.25 Å². The molecule has 0 spiro atoms. The zero-order valence-corrected chi connectivity index (χ0v) is 19.3. The highest BCUT2D eigenvalue weighted by atomic mass is 32.2. The molecule has 1 heterocycles. The molecule has 2 aromatic carbocycles. The summed E-state index contributed by atoms with van der Waals surface area (Å²) in [6.07, 6.45) is -0.605. The largest absolute Gasteiger partial charge is 0.484 e. The number of nitrogens with two attached hydrogens (primary N) is 2. The predicted octanol–water partition coefficient (Wildman–Crippen LogP) is 0.942. The smallest absolute Gasteiger partial charge is 0.346 e. The number of carboxylic acids is 1. The molecule has 1 aliphatic heterocycles. The van der Waals surface area contributed by atoms with Crippen molar-refractivity contribution < 1.29 is 32.4 Å². The van der Waals surface area contributed by atoms with Crippen LogP contribution >= 0.6 is 0 Å². The lowest BCUT2D eigenvalue weighted by Gasteiger charge is -2.24. The summed E-state index contributed by atoms with van der Waals surface area (Å²) in [6, 6.07) is 12.5. The lowest BCUT2D eigenvalue weighted by Crippen LogP contribution is -2.42. The van der Waals surface area contributed by atoms with Gasteiger partial charge in [-0.2, -0.15) is 8.42 Å². The zero-order valence-electron chi connectivity index (χ0n) is 18.5. The fourth-order valence-electron chi connectivity index (χ4n) is 3.32. The number of hydrogen-bond acceptors (Lipinski definition) is 7. The van der Waals surface area contributed by atoms with E-state index in [2.05, 4.69) is 41.0 Å². The number of benzene rings is 2. The van der Waals surface area contributed by atoms with Crippen molar-refractivity contribution in [2.75, 3.05) is 11.5 Å². The highest BCUT2D eigenvalue weighted by Crippen LogP contribution is 2.29. The summed E-state index contributed by atoms with van der Waals surface area (Å²) in [6.45, 7) is 0. The van der Waals surface area contributed by atoms with E-state index in [4.69, 9.17) is 16.2 Å². The van der Waals surface area contributed by atoms with Gasteiger partial charge in [-0.1, -0.05) is 23.8 Å². The van der Waals surface area contributed by atoms with Gasteiger partial charge < -0.3 is 21.3 Å². The van der Waals surface area contributed by atoms with Gasteiger partial charge in [-0.3, -0.25) is 14.7 Å². The van der Waals surface area contributed by atoms with E-state index in [-0.39, 0.29) is 12.0 Å². The summed E-state index contributed by atoms with van der Waals surface area (Å²) < 4.78 is 37.8. The Bertz CT molecular complexity index is 1550. The van der Waals surface area contributed by atoms with Crippen molar-refractivity contribution in [1.82, 2.24) is 5.32 Å². The molecule has 0 radical (unpaired) electrons. The number of carbonyl (C=O) groups is 2. The number of aliphatic carboxylic acids is 1. The molecule has 0 unspecified atom stereocenters. The average molecular weight is 506 g/mol. The van der Waals surface area contributed by atoms with Crippen LogP contribution in [0.1, 0.15) is 17.5 Å². The number of amides is 1. The third-order valence-corrected chi connectivity index (χ3v) is 6.05. The van der Waals surface area contributed by atoms with E-state index < -0.39 is 27.4 Å². The maximum absolute atomic E-state index is 11.7. The van der Waals surface area contributed by atoms with E-state index in [1.165, 1.54) is 0 Å². The Kier molecular flexibility index (Phi) is 7.88. The minimum atomic E-state index is -4.71. The fourth-order valence-corrected chi connectivity index (χ4v) is 4.20. The first kappa shape index (κ1) is 25.7. The second-order valence-electron chi connectivity index (χ2n) is 7.46. The van der Waals surface area contributed by atoms with E-state index >= 15 is 0 Å². The molecule has 10 nitrogen and oxygen atoms in total. The number of anilines is 2. The van der Waals surface area contributed by atoms with Crippen LogP contribution in [0, 0.1) is 35.6 Å². The Labute approximate surface area is 207 Å². The van der Waals surface area contributed by atoms with Crippen LogP contribution in [-0.4, -0.2) is 41.8 Å². The summed E-state index contributed by atoms with van der Waals surface area (Å²) in [5, 5.41) is 9.64. The fraction of sp³-hybridized carbons (Fsp3) is 0.120. The Balaban J connectivity index is 1.99. The van der Waals surface area contributed by atoms with Crippen LogP contribution in [0.25, 0.3) is 11.1 Å². The van der Waals surface area contributed by atoms with Crippen LogP contribution in [-0.2, 0) is 24.4 Å². The molecule has 7 N–H and O–H groups in total. The molecular formula is C25H19N3O7S. The molecular weight excluding hydrogens is 486 g/mol. The lowest BCUT2D eigenvalue weighted by atomic mass is 9.96. The quantitative estimate of drug-likeness (QED) is 0.133. The number of carboxylic acid groups (broad SMARTS) is 1. The minimum absolute atomic E-state index is 0.171. The summed E-state index contributed by atoms with van der Waals surface area (Å²) in [5.41, 5.74) is 15.3. The van der Waals surface area contributed by atoms with E-state index in [9.17, 15) is 27.7 Å². The van der Waals surface area contributed by atoms with E-state index in [1.807, 2.05) is 0 Å². The van der Waals surface area contributed by atoms with E-state index in [1.54, 1.807) is 36.4 Å². The van der Waals surface area contributed by atoms with Gasteiger partial charge in [0.05, 0.1) is 6.26 Å². The third kappa shape index (κ3) is 6.58. The molecule has 0 bridgehead atoms. The van der Waals surface area contributed by atoms with Crippen LogP contribution < -0.4 is 16.8 Å². The van der Waals surface area contributed by atoms with Crippen LogP contribution in [0.15, 0.2) is 48.2 Å². The van der Waals surface area contributed by atoms with Crippen molar-refractivity contribution in [3.05, 3.63) is 59.4 Å². The van der Waals surface area contributed by atoms with Crippen molar-refractivity contribution in [3.8, 4) is 46.8 Å². The maximum Gasteiger partial charge on any atom is 0.346 e. The topological polar surface area (TPSA) is 182 Å². The summed E-state index contributed by atoms with van der Waals surface area (Å²) in [7, 11) is -4.71. The molecule has 0 saturated heterocycles. The maximum atomic E-state index is 11.7. The first-order valence-corrected chi connectivity index (χ1v) is 11.6. The number of carbonyl (C=O) groups excluding carboxylic acids is 1. The molecule has 3 rings (SSSR count). The highest BCUT2D eigenvalue weighted by molar-refractivity contribution is 7.86. The lowest BCUT2D eigenvalue weighted by molar-refractivity contribution is -0.147. The summed E-state index contributed by atoms with van der Waals surface area (Å²) in [5.74, 6) is 12.0. The molecule has 1 amide bonds. The summed E-state index contributed by atoms with van der Waals surface area (Å²) >= 11 is 0. The highest BCUT2D eigenvalue weighted by Gasteiger charge is 2.41. The van der Waals surface area contributed by atoms with Crippen molar-refractivity contribution >= 4 is 33.9 Å².